The molecule has 0 aliphatic heterocycles. The predicted octanol–water partition coefficient (Wildman–Crippen LogP) is 5.63. The van der Waals surface area contributed by atoms with Gasteiger partial charge in [0.25, 0.3) is 0 Å². The second kappa shape index (κ2) is 7.83. The van der Waals surface area contributed by atoms with E-state index in [0.717, 1.165) is 28.8 Å². The van der Waals surface area contributed by atoms with Gasteiger partial charge in [-0.15, -0.1) is 0 Å². The number of pyridine rings is 1. The number of hydrogen-bond donors (Lipinski definition) is 0. The smallest absolute Gasteiger partial charge is 0.403 e. The normalized spacial score (nSPS) is 11.9. The van der Waals surface area contributed by atoms with Gasteiger partial charge >= 0.3 is 7.82 Å². The van der Waals surface area contributed by atoms with Crippen LogP contribution in [0.5, 0.6) is 5.75 Å². The van der Waals surface area contributed by atoms with Crippen molar-refractivity contribution in [2.45, 2.75) is 41.0 Å². The van der Waals surface area contributed by atoms with Crippen molar-refractivity contribution in [3.63, 3.8) is 0 Å². The van der Waals surface area contributed by atoms with Crippen molar-refractivity contribution in [1.29, 1.82) is 0 Å². The van der Waals surface area contributed by atoms with Crippen LogP contribution in [0.1, 0.15) is 37.6 Å². The van der Waals surface area contributed by atoms with Gasteiger partial charge < -0.3 is 4.52 Å². The molecule has 0 saturated carbocycles. The number of rotatable bonds is 7. The fourth-order valence-electron chi connectivity index (χ4n) is 2.48. The number of benzene rings is 1. The van der Waals surface area contributed by atoms with Gasteiger partial charge in [-0.25, -0.2) is 4.57 Å². The lowest BCUT2D eigenvalue weighted by molar-refractivity contribution is 0.168. The maximum atomic E-state index is 12.8. The Kier molecular flexibility index (Phi) is 6.27. The standard InChI is InChI=1S/C17H23ClNO4P/c1-6-15-12(5)17(23-24(20,21-7-2)22-8-3)13-10-14(18)11(4)9-16(13)19-15/h9-10H,6-8H2,1-5H3. The monoisotopic (exact) mass is 371 g/mol. The first-order valence-corrected chi connectivity index (χ1v) is 9.87. The summed E-state index contributed by atoms with van der Waals surface area (Å²) >= 11 is 6.26. The Labute approximate surface area is 147 Å². The number of hydrogen-bond acceptors (Lipinski definition) is 5. The van der Waals surface area contributed by atoms with Crippen LogP contribution in [0.4, 0.5) is 0 Å². The van der Waals surface area contributed by atoms with Crippen molar-refractivity contribution >= 4 is 30.3 Å². The molecule has 2 rings (SSSR count). The lowest BCUT2D eigenvalue weighted by Gasteiger charge is -2.21. The third-order valence-electron chi connectivity index (χ3n) is 3.66. The number of halogens is 1. The van der Waals surface area contributed by atoms with Gasteiger partial charge in [0, 0.05) is 21.7 Å². The van der Waals surface area contributed by atoms with Crippen LogP contribution in [-0.4, -0.2) is 18.2 Å². The SMILES string of the molecule is CCOP(=O)(OCC)Oc1c(C)c(CC)nc2cc(C)c(Cl)cc12. The van der Waals surface area contributed by atoms with Crippen molar-refractivity contribution in [1.82, 2.24) is 4.98 Å². The third kappa shape index (κ3) is 3.92. The zero-order valence-electron chi connectivity index (χ0n) is 14.7. The van der Waals surface area contributed by atoms with E-state index in [1.54, 1.807) is 19.9 Å². The fourth-order valence-corrected chi connectivity index (χ4v) is 3.92. The van der Waals surface area contributed by atoms with E-state index in [2.05, 4.69) is 4.98 Å². The highest BCUT2D eigenvalue weighted by Gasteiger charge is 2.30. The maximum absolute atomic E-state index is 12.8. The van der Waals surface area contributed by atoms with E-state index in [4.69, 9.17) is 25.2 Å². The Morgan fingerprint density at radius 3 is 2.29 bits per heavy atom. The van der Waals surface area contributed by atoms with Crippen molar-refractivity contribution < 1.29 is 18.1 Å². The first kappa shape index (κ1) is 19.2. The highest BCUT2D eigenvalue weighted by molar-refractivity contribution is 7.48. The molecule has 0 saturated heterocycles. The lowest BCUT2D eigenvalue weighted by atomic mass is 10.1. The molecule has 0 N–H and O–H groups in total. The van der Waals surface area contributed by atoms with Crippen molar-refractivity contribution in [2.75, 3.05) is 13.2 Å². The van der Waals surface area contributed by atoms with Gasteiger partial charge in [-0.3, -0.25) is 14.0 Å². The Morgan fingerprint density at radius 2 is 1.75 bits per heavy atom. The molecule has 0 bridgehead atoms. The maximum Gasteiger partial charge on any atom is 0.530 e. The van der Waals surface area contributed by atoms with Gasteiger partial charge in [-0.1, -0.05) is 18.5 Å². The molecule has 0 atom stereocenters. The number of phosphoric acid groups is 1. The zero-order chi connectivity index (χ0) is 17.9. The van der Waals surface area contributed by atoms with Crippen LogP contribution in [0.3, 0.4) is 0 Å². The van der Waals surface area contributed by atoms with E-state index in [-0.39, 0.29) is 13.2 Å². The molecule has 1 aromatic heterocycles. The van der Waals surface area contributed by atoms with E-state index in [9.17, 15) is 4.57 Å². The predicted molar refractivity (Wildman–Crippen MR) is 97.1 cm³/mol. The molecule has 1 aromatic carbocycles. The first-order valence-electron chi connectivity index (χ1n) is 8.03. The highest BCUT2D eigenvalue weighted by atomic mass is 35.5. The Hall–Kier alpha value is -1.13. The van der Waals surface area contributed by atoms with E-state index in [1.807, 2.05) is 26.8 Å². The minimum Gasteiger partial charge on any atom is -0.403 e. The summed E-state index contributed by atoms with van der Waals surface area (Å²) in [4.78, 5) is 4.67. The van der Waals surface area contributed by atoms with Gasteiger partial charge in [0.1, 0.15) is 5.75 Å². The summed E-state index contributed by atoms with van der Waals surface area (Å²) in [5.41, 5.74) is 3.35. The molecule has 0 aliphatic carbocycles. The minimum absolute atomic E-state index is 0.222. The van der Waals surface area contributed by atoms with Gasteiger partial charge in [-0.2, -0.15) is 0 Å². The van der Waals surface area contributed by atoms with Crippen LogP contribution in [0.2, 0.25) is 5.02 Å². The van der Waals surface area contributed by atoms with Crippen LogP contribution in [0.15, 0.2) is 12.1 Å². The summed E-state index contributed by atoms with van der Waals surface area (Å²) in [5.74, 6) is 0.448. The molecule has 0 amide bonds. The van der Waals surface area contributed by atoms with Crippen LogP contribution in [0, 0.1) is 13.8 Å². The molecule has 2 aromatic rings. The fraction of sp³-hybridized carbons (Fsp3) is 0.471. The Morgan fingerprint density at radius 1 is 1.12 bits per heavy atom. The molecule has 7 heteroatoms. The van der Waals surface area contributed by atoms with Gasteiger partial charge in [0.05, 0.1) is 18.7 Å². The quantitative estimate of drug-likeness (QED) is 0.590. The molecular formula is C17H23ClNO4P. The molecule has 1 heterocycles. The molecule has 0 fully saturated rings. The summed E-state index contributed by atoms with van der Waals surface area (Å²) in [5, 5.41) is 1.29. The zero-order valence-corrected chi connectivity index (χ0v) is 16.3. The van der Waals surface area contributed by atoms with Crippen molar-refractivity contribution in [2.24, 2.45) is 0 Å². The number of nitrogens with zero attached hydrogens (tertiary/aromatic N) is 1. The largest absolute Gasteiger partial charge is 0.530 e. The van der Waals surface area contributed by atoms with E-state index >= 15 is 0 Å². The second-order valence-corrected chi connectivity index (χ2v) is 7.36. The molecular weight excluding hydrogens is 349 g/mol. The molecule has 0 radical (unpaired) electrons. The van der Waals surface area contributed by atoms with E-state index < -0.39 is 7.82 Å². The summed E-state index contributed by atoms with van der Waals surface area (Å²) in [6.07, 6.45) is 0.730. The Balaban J connectivity index is 2.68. The van der Waals surface area contributed by atoms with E-state index in [0.29, 0.717) is 16.2 Å². The summed E-state index contributed by atoms with van der Waals surface area (Å²) in [6, 6.07) is 3.68. The third-order valence-corrected chi connectivity index (χ3v) is 5.63. The number of fused-ring (bicyclic) bond motifs is 1. The van der Waals surface area contributed by atoms with E-state index in [1.165, 1.54) is 0 Å². The van der Waals surface area contributed by atoms with Crippen molar-refractivity contribution in [3.05, 3.63) is 34.0 Å². The van der Waals surface area contributed by atoms with Crippen LogP contribution < -0.4 is 4.52 Å². The Bertz CT molecular complexity index is 784. The first-order chi connectivity index (χ1) is 11.3. The molecule has 0 aliphatic rings. The number of aryl methyl sites for hydroxylation is 2. The number of phosphoric ester groups is 1. The van der Waals surface area contributed by atoms with Crippen LogP contribution >= 0.6 is 19.4 Å². The number of aromatic nitrogens is 1. The minimum atomic E-state index is -3.70. The van der Waals surface area contributed by atoms with Gasteiger partial charge in [0.15, 0.2) is 0 Å². The van der Waals surface area contributed by atoms with Crippen LogP contribution in [0.25, 0.3) is 10.9 Å². The molecule has 0 spiro atoms. The average Bonchev–Trinajstić information content (AvgIpc) is 2.52. The highest BCUT2D eigenvalue weighted by Crippen LogP contribution is 2.52. The lowest BCUT2D eigenvalue weighted by Crippen LogP contribution is -2.06. The van der Waals surface area contributed by atoms with Crippen LogP contribution in [-0.2, 0) is 20.0 Å². The molecule has 132 valence electrons. The molecule has 0 unspecified atom stereocenters. The molecule has 5 nitrogen and oxygen atoms in total. The average molecular weight is 372 g/mol. The molecule has 24 heavy (non-hydrogen) atoms. The topological polar surface area (TPSA) is 57.7 Å². The van der Waals surface area contributed by atoms with Gasteiger partial charge in [-0.05, 0) is 51.8 Å². The van der Waals surface area contributed by atoms with Gasteiger partial charge in [0.2, 0.25) is 0 Å². The summed E-state index contributed by atoms with van der Waals surface area (Å²) < 4.78 is 29.1. The summed E-state index contributed by atoms with van der Waals surface area (Å²) in [6.45, 7) is 9.74. The second-order valence-electron chi connectivity index (χ2n) is 5.36. The van der Waals surface area contributed by atoms with Crippen molar-refractivity contribution in [3.8, 4) is 5.75 Å². The summed E-state index contributed by atoms with van der Waals surface area (Å²) in [7, 11) is -3.70.